The van der Waals surface area contributed by atoms with E-state index in [2.05, 4.69) is 15.5 Å². The van der Waals surface area contributed by atoms with E-state index in [-0.39, 0.29) is 17.2 Å². The number of nitrogens with zero attached hydrogens (tertiary/aromatic N) is 4. The van der Waals surface area contributed by atoms with E-state index >= 15 is 0 Å². The fourth-order valence-electron chi connectivity index (χ4n) is 1.57. The minimum atomic E-state index is -0.809. The molecule has 0 unspecified atom stereocenters. The summed E-state index contributed by atoms with van der Waals surface area (Å²) in [5, 5.41) is 11.3. The van der Waals surface area contributed by atoms with Crippen molar-refractivity contribution >= 4 is 17.6 Å². The summed E-state index contributed by atoms with van der Waals surface area (Å²) in [6.07, 6.45) is 0.842. The van der Waals surface area contributed by atoms with E-state index in [1.54, 1.807) is 0 Å². The van der Waals surface area contributed by atoms with Crippen molar-refractivity contribution in [2.45, 2.75) is 26.5 Å². The molecule has 0 atom stereocenters. The van der Waals surface area contributed by atoms with E-state index in [0.717, 1.165) is 12.5 Å². The van der Waals surface area contributed by atoms with Gasteiger partial charge in [0.25, 0.3) is 0 Å². The zero-order valence-electron chi connectivity index (χ0n) is 10.7. The fraction of sp³-hybridized carbons (Fsp3) is 0.333. The Labute approximate surface area is 119 Å². The monoisotopic (exact) mass is 298 g/mol. The molecule has 0 N–H and O–H groups in total. The lowest BCUT2D eigenvalue weighted by Gasteiger charge is -2.06. The number of benzene rings is 1. The Bertz CT molecular complexity index is 617. The Balaban J connectivity index is 2.05. The molecule has 0 saturated carbocycles. The smallest absolute Gasteiger partial charge is 0.341 e. The van der Waals surface area contributed by atoms with E-state index in [9.17, 15) is 9.18 Å². The summed E-state index contributed by atoms with van der Waals surface area (Å²) in [4.78, 5) is 11.8. The number of aromatic nitrogens is 4. The lowest BCUT2D eigenvalue weighted by molar-refractivity contribution is 0.0451. The van der Waals surface area contributed by atoms with Gasteiger partial charge < -0.3 is 4.74 Å². The highest BCUT2D eigenvalue weighted by Crippen LogP contribution is 2.16. The van der Waals surface area contributed by atoms with E-state index in [0.29, 0.717) is 12.4 Å². The number of tetrazole rings is 1. The minimum absolute atomic E-state index is 0.127. The first-order chi connectivity index (χ1) is 9.61. The maximum absolute atomic E-state index is 13.5. The molecule has 6 nitrogen and oxygen atoms in total. The number of carbonyl (C=O) groups excluding carboxylic acids is 1. The van der Waals surface area contributed by atoms with Crippen LogP contribution in [0.4, 0.5) is 4.39 Å². The molecule has 8 heteroatoms. The first-order valence-electron chi connectivity index (χ1n) is 5.99. The van der Waals surface area contributed by atoms with Gasteiger partial charge in [-0.15, -0.1) is 5.10 Å². The molecule has 1 aromatic heterocycles. The number of rotatable bonds is 5. The number of halogens is 2. The van der Waals surface area contributed by atoms with Gasteiger partial charge in [-0.05, 0) is 35.0 Å². The van der Waals surface area contributed by atoms with Crippen molar-refractivity contribution < 1.29 is 13.9 Å². The highest BCUT2D eigenvalue weighted by atomic mass is 35.5. The first kappa shape index (κ1) is 14.4. The van der Waals surface area contributed by atoms with Crippen LogP contribution in [0.15, 0.2) is 18.2 Å². The Morgan fingerprint density at radius 2 is 2.30 bits per heavy atom. The predicted octanol–water partition coefficient (Wildman–Crippen LogP) is 2.23. The molecule has 0 aliphatic carbocycles. The minimum Gasteiger partial charge on any atom is -0.454 e. The highest BCUT2D eigenvalue weighted by Gasteiger charge is 2.15. The van der Waals surface area contributed by atoms with Gasteiger partial charge in [-0.1, -0.05) is 18.5 Å². The van der Waals surface area contributed by atoms with Gasteiger partial charge in [0, 0.05) is 11.6 Å². The molecule has 0 amide bonds. The van der Waals surface area contributed by atoms with E-state index in [1.807, 2.05) is 6.92 Å². The molecule has 0 radical (unpaired) electrons. The van der Waals surface area contributed by atoms with Crippen molar-refractivity contribution in [1.82, 2.24) is 20.2 Å². The third-order valence-electron chi connectivity index (χ3n) is 2.52. The SMILES string of the molecule is CCCn1nnnc1COC(=O)c1cc(Cl)ccc1F. The number of hydrogen-bond donors (Lipinski definition) is 0. The molecule has 0 bridgehead atoms. The van der Waals surface area contributed by atoms with Crippen molar-refractivity contribution in [3.8, 4) is 0 Å². The van der Waals surface area contributed by atoms with Gasteiger partial charge in [0.05, 0.1) is 5.56 Å². The maximum Gasteiger partial charge on any atom is 0.341 e. The first-order valence-corrected chi connectivity index (χ1v) is 6.36. The topological polar surface area (TPSA) is 69.9 Å². The maximum atomic E-state index is 13.5. The summed E-state index contributed by atoms with van der Waals surface area (Å²) < 4.78 is 20.0. The van der Waals surface area contributed by atoms with Crippen LogP contribution in [-0.4, -0.2) is 26.2 Å². The molecule has 2 rings (SSSR count). The van der Waals surface area contributed by atoms with Crippen molar-refractivity contribution in [3.63, 3.8) is 0 Å². The second kappa shape index (κ2) is 6.42. The van der Waals surface area contributed by atoms with Gasteiger partial charge in [0.15, 0.2) is 12.4 Å². The fourth-order valence-corrected chi connectivity index (χ4v) is 1.75. The van der Waals surface area contributed by atoms with Gasteiger partial charge >= 0.3 is 5.97 Å². The number of aryl methyl sites for hydroxylation is 1. The van der Waals surface area contributed by atoms with Crippen molar-refractivity contribution in [1.29, 1.82) is 0 Å². The van der Waals surface area contributed by atoms with Crippen LogP contribution in [0.25, 0.3) is 0 Å². The summed E-state index contributed by atoms with van der Waals surface area (Å²) in [6.45, 7) is 2.46. The van der Waals surface area contributed by atoms with Crippen LogP contribution in [0.3, 0.4) is 0 Å². The molecule has 1 heterocycles. The Hall–Kier alpha value is -2.02. The molecule has 0 aliphatic heterocycles. The highest BCUT2D eigenvalue weighted by molar-refractivity contribution is 6.30. The molecule has 20 heavy (non-hydrogen) atoms. The van der Waals surface area contributed by atoms with Crippen LogP contribution in [0.2, 0.25) is 5.02 Å². The molecule has 106 valence electrons. The Morgan fingerprint density at radius 1 is 1.50 bits per heavy atom. The van der Waals surface area contributed by atoms with Crippen LogP contribution >= 0.6 is 11.6 Å². The third kappa shape index (κ3) is 3.30. The molecule has 1 aromatic carbocycles. The van der Waals surface area contributed by atoms with Crippen molar-refractivity contribution in [2.24, 2.45) is 0 Å². The largest absolute Gasteiger partial charge is 0.454 e. The average Bonchev–Trinajstić information content (AvgIpc) is 2.87. The van der Waals surface area contributed by atoms with E-state index in [4.69, 9.17) is 16.3 Å². The van der Waals surface area contributed by atoms with Gasteiger partial charge in [-0.2, -0.15) is 0 Å². The van der Waals surface area contributed by atoms with E-state index < -0.39 is 11.8 Å². The summed E-state index contributed by atoms with van der Waals surface area (Å²) >= 11 is 5.72. The molecule has 0 saturated heterocycles. The summed E-state index contributed by atoms with van der Waals surface area (Å²) in [7, 11) is 0. The number of esters is 1. The van der Waals surface area contributed by atoms with E-state index in [1.165, 1.54) is 16.8 Å². The van der Waals surface area contributed by atoms with Gasteiger partial charge in [-0.25, -0.2) is 13.9 Å². The van der Waals surface area contributed by atoms with Crippen LogP contribution in [0, 0.1) is 5.82 Å². The molecular weight excluding hydrogens is 287 g/mol. The van der Waals surface area contributed by atoms with Crippen molar-refractivity contribution in [2.75, 3.05) is 0 Å². The van der Waals surface area contributed by atoms with Crippen LogP contribution < -0.4 is 0 Å². The van der Waals surface area contributed by atoms with Crippen LogP contribution in [0.5, 0.6) is 0 Å². The standard InChI is InChI=1S/C12H12ClFN4O2/c1-2-5-18-11(15-16-17-18)7-20-12(19)9-6-8(13)3-4-10(9)14/h3-4,6H,2,5,7H2,1H3. The number of carbonyl (C=O) groups is 1. The summed E-state index contributed by atoms with van der Waals surface area (Å²) in [5.74, 6) is -1.09. The third-order valence-corrected chi connectivity index (χ3v) is 2.76. The van der Waals surface area contributed by atoms with Gasteiger partial charge in [-0.3, -0.25) is 0 Å². The summed E-state index contributed by atoms with van der Waals surface area (Å²) in [6, 6.07) is 3.68. The molecule has 0 spiro atoms. The number of ether oxygens (including phenoxy) is 1. The zero-order chi connectivity index (χ0) is 14.5. The number of hydrogen-bond acceptors (Lipinski definition) is 5. The molecule has 0 fully saturated rings. The van der Waals surface area contributed by atoms with Gasteiger partial charge in [0.2, 0.25) is 0 Å². The lowest BCUT2D eigenvalue weighted by atomic mass is 10.2. The zero-order valence-corrected chi connectivity index (χ0v) is 11.5. The van der Waals surface area contributed by atoms with Gasteiger partial charge in [0.1, 0.15) is 5.82 Å². The lowest BCUT2D eigenvalue weighted by Crippen LogP contribution is -2.12. The molecule has 2 aromatic rings. The second-order valence-electron chi connectivity index (χ2n) is 4.02. The quantitative estimate of drug-likeness (QED) is 0.792. The Kier molecular flexibility index (Phi) is 4.62. The van der Waals surface area contributed by atoms with Crippen molar-refractivity contribution in [3.05, 3.63) is 40.4 Å². The predicted molar refractivity (Wildman–Crippen MR) is 68.6 cm³/mol. The molecule has 0 aliphatic rings. The van der Waals surface area contributed by atoms with Crippen LogP contribution in [-0.2, 0) is 17.9 Å². The summed E-state index contributed by atoms with van der Waals surface area (Å²) in [5.41, 5.74) is -0.216. The average molecular weight is 299 g/mol. The molecular formula is C12H12ClFN4O2. The Morgan fingerprint density at radius 3 is 3.05 bits per heavy atom. The normalized spacial score (nSPS) is 10.6. The van der Waals surface area contributed by atoms with Crippen LogP contribution in [0.1, 0.15) is 29.5 Å². The second-order valence-corrected chi connectivity index (χ2v) is 4.45.